The predicted molar refractivity (Wildman–Crippen MR) is 79.7 cm³/mol. The third-order valence-electron chi connectivity index (χ3n) is 4.04. The molecule has 0 saturated carbocycles. The Labute approximate surface area is 129 Å². The van der Waals surface area contributed by atoms with Crippen molar-refractivity contribution < 1.29 is 4.79 Å². The summed E-state index contributed by atoms with van der Waals surface area (Å²) in [6.45, 7) is 1.48. The van der Waals surface area contributed by atoms with Crippen LogP contribution in [0, 0.1) is 11.3 Å². The highest BCUT2D eigenvalue weighted by molar-refractivity contribution is 5.76. The molecule has 0 aliphatic carbocycles. The Morgan fingerprint density at radius 3 is 2.86 bits per heavy atom. The average Bonchev–Trinajstić information content (AvgIpc) is 3.23. The van der Waals surface area contributed by atoms with Crippen molar-refractivity contribution in [1.82, 2.24) is 19.9 Å². The van der Waals surface area contributed by atoms with Gasteiger partial charge in [-0.05, 0) is 30.5 Å². The molecule has 0 spiro atoms. The zero-order valence-electron chi connectivity index (χ0n) is 12.2. The summed E-state index contributed by atoms with van der Waals surface area (Å²) in [5.74, 6) is 0.173. The van der Waals surface area contributed by atoms with Crippen molar-refractivity contribution in [1.29, 1.82) is 5.26 Å². The molecular formula is C16H17N5O. The SMILES string of the molecule is N#Cc1ccc(CCC(=O)N2CC[C@H](n3ccnn3)C2)cc1. The molecule has 1 saturated heterocycles. The number of nitrogens with zero attached hydrogens (tertiary/aromatic N) is 5. The lowest BCUT2D eigenvalue weighted by molar-refractivity contribution is -0.130. The molecule has 2 aromatic rings. The lowest BCUT2D eigenvalue weighted by Crippen LogP contribution is -2.29. The molecule has 1 atom stereocenters. The van der Waals surface area contributed by atoms with E-state index in [4.69, 9.17) is 5.26 Å². The lowest BCUT2D eigenvalue weighted by atomic mass is 10.1. The van der Waals surface area contributed by atoms with E-state index in [0.717, 1.165) is 18.5 Å². The second kappa shape index (κ2) is 6.39. The van der Waals surface area contributed by atoms with Crippen LogP contribution in [-0.4, -0.2) is 38.9 Å². The molecule has 1 aromatic heterocycles. The number of likely N-dealkylation sites (tertiary alicyclic amines) is 1. The van der Waals surface area contributed by atoms with E-state index in [2.05, 4.69) is 16.4 Å². The molecule has 0 N–H and O–H groups in total. The van der Waals surface area contributed by atoms with Crippen LogP contribution in [0.4, 0.5) is 0 Å². The molecule has 0 bridgehead atoms. The zero-order chi connectivity index (χ0) is 15.4. The highest BCUT2D eigenvalue weighted by Crippen LogP contribution is 2.21. The molecule has 1 aromatic carbocycles. The van der Waals surface area contributed by atoms with Crippen LogP contribution in [0.5, 0.6) is 0 Å². The minimum Gasteiger partial charge on any atom is -0.340 e. The smallest absolute Gasteiger partial charge is 0.222 e. The Bertz CT molecular complexity index is 672. The van der Waals surface area contributed by atoms with Crippen LogP contribution in [0.15, 0.2) is 36.7 Å². The molecule has 6 nitrogen and oxygen atoms in total. The van der Waals surface area contributed by atoms with E-state index in [-0.39, 0.29) is 11.9 Å². The fraction of sp³-hybridized carbons (Fsp3) is 0.375. The molecular weight excluding hydrogens is 278 g/mol. The van der Waals surface area contributed by atoms with E-state index in [9.17, 15) is 4.79 Å². The number of carbonyl (C=O) groups is 1. The van der Waals surface area contributed by atoms with Crippen molar-refractivity contribution in [3.8, 4) is 6.07 Å². The number of amides is 1. The standard InChI is InChI=1S/C16H17N5O/c17-11-14-3-1-13(2-4-14)5-6-16(22)20-9-7-15(12-20)21-10-8-18-19-21/h1-4,8,10,15H,5-7,9,12H2/t15-/m0/s1. The van der Waals surface area contributed by atoms with Crippen LogP contribution >= 0.6 is 0 Å². The van der Waals surface area contributed by atoms with Gasteiger partial charge in [-0.25, -0.2) is 4.68 Å². The molecule has 6 heteroatoms. The quantitative estimate of drug-likeness (QED) is 0.857. The van der Waals surface area contributed by atoms with E-state index in [1.807, 2.05) is 27.9 Å². The number of rotatable bonds is 4. The fourth-order valence-electron chi connectivity index (χ4n) is 2.75. The van der Waals surface area contributed by atoms with Crippen molar-refractivity contribution in [2.75, 3.05) is 13.1 Å². The normalized spacial score (nSPS) is 17.4. The highest BCUT2D eigenvalue weighted by Gasteiger charge is 2.27. The van der Waals surface area contributed by atoms with Gasteiger partial charge in [0.15, 0.2) is 0 Å². The zero-order valence-corrected chi connectivity index (χ0v) is 12.2. The molecule has 1 amide bonds. The van der Waals surface area contributed by atoms with Gasteiger partial charge in [-0.3, -0.25) is 4.79 Å². The number of aromatic nitrogens is 3. The maximum atomic E-state index is 12.3. The topological polar surface area (TPSA) is 74.8 Å². The van der Waals surface area contributed by atoms with Gasteiger partial charge in [0.25, 0.3) is 0 Å². The average molecular weight is 295 g/mol. The minimum atomic E-state index is 0.173. The van der Waals surface area contributed by atoms with Crippen LogP contribution in [0.1, 0.15) is 30.0 Å². The molecule has 112 valence electrons. The van der Waals surface area contributed by atoms with Gasteiger partial charge in [0.05, 0.1) is 23.9 Å². The molecule has 0 radical (unpaired) electrons. The van der Waals surface area contributed by atoms with Gasteiger partial charge in [-0.1, -0.05) is 17.3 Å². The predicted octanol–water partition coefficient (Wildman–Crippen LogP) is 1.56. The Morgan fingerprint density at radius 1 is 1.36 bits per heavy atom. The van der Waals surface area contributed by atoms with Gasteiger partial charge in [0.1, 0.15) is 0 Å². The maximum absolute atomic E-state index is 12.3. The van der Waals surface area contributed by atoms with Crippen molar-refractivity contribution in [3.63, 3.8) is 0 Å². The Balaban J connectivity index is 1.51. The number of hydrogen-bond donors (Lipinski definition) is 0. The lowest BCUT2D eigenvalue weighted by Gasteiger charge is -2.16. The first-order chi connectivity index (χ1) is 10.8. The van der Waals surface area contributed by atoms with Crippen LogP contribution in [0.25, 0.3) is 0 Å². The van der Waals surface area contributed by atoms with E-state index in [0.29, 0.717) is 24.9 Å². The van der Waals surface area contributed by atoms with Crippen molar-refractivity contribution in [3.05, 3.63) is 47.8 Å². The Hall–Kier alpha value is -2.68. The molecule has 22 heavy (non-hydrogen) atoms. The number of carbonyl (C=O) groups excluding carboxylic acids is 1. The van der Waals surface area contributed by atoms with Crippen LogP contribution < -0.4 is 0 Å². The van der Waals surface area contributed by atoms with E-state index < -0.39 is 0 Å². The number of aryl methyl sites for hydroxylation is 1. The summed E-state index contributed by atoms with van der Waals surface area (Å²) in [4.78, 5) is 14.2. The second-order valence-corrected chi connectivity index (χ2v) is 5.47. The summed E-state index contributed by atoms with van der Waals surface area (Å²) in [6.07, 6.45) is 5.63. The van der Waals surface area contributed by atoms with Gasteiger partial charge in [-0.15, -0.1) is 5.10 Å². The molecule has 1 fully saturated rings. The van der Waals surface area contributed by atoms with Gasteiger partial charge in [-0.2, -0.15) is 5.26 Å². The summed E-state index contributed by atoms with van der Waals surface area (Å²) in [5.41, 5.74) is 1.73. The Morgan fingerprint density at radius 2 is 2.18 bits per heavy atom. The summed E-state index contributed by atoms with van der Waals surface area (Å²) >= 11 is 0. The number of benzene rings is 1. The molecule has 3 rings (SSSR count). The van der Waals surface area contributed by atoms with E-state index in [1.165, 1.54) is 0 Å². The highest BCUT2D eigenvalue weighted by atomic mass is 16.2. The molecule has 2 heterocycles. The number of hydrogen-bond acceptors (Lipinski definition) is 4. The third kappa shape index (κ3) is 3.14. The van der Waals surface area contributed by atoms with Gasteiger partial charge in [0, 0.05) is 25.7 Å². The fourth-order valence-corrected chi connectivity index (χ4v) is 2.75. The second-order valence-electron chi connectivity index (χ2n) is 5.47. The van der Waals surface area contributed by atoms with Gasteiger partial charge >= 0.3 is 0 Å². The van der Waals surface area contributed by atoms with Crippen LogP contribution in [0.2, 0.25) is 0 Å². The van der Waals surface area contributed by atoms with Crippen molar-refractivity contribution >= 4 is 5.91 Å². The van der Waals surface area contributed by atoms with Gasteiger partial charge < -0.3 is 4.90 Å². The summed E-state index contributed by atoms with van der Waals surface area (Å²) in [5, 5.41) is 16.6. The van der Waals surface area contributed by atoms with Crippen molar-refractivity contribution in [2.45, 2.75) is 25.3 Å². The first kappa shape index (κ1) is 14.3. The summed E-state index contributed by atoms with van der Waals surface area (Å²) in [6, 6.07) is 9.73. The first-order valence-corrected chi connectivity index (χ1v) is 7.39. The van der Waals surface area contributed by atoms with Gasteiger partial charge in [0.2, 0.25) is 5.91 Å². The Kier molecular flexibility index (Phi) is 4.15. The molecule has 1 aliphatic heterocycles. The molecule has 0 unspecified atom stereocenters. The summed E-state index contributed by atoms with van der Waals surface area (Å²) < 4.78 is 1.83. The first-order valence-electron chi connectivity index (χ1n) is 7.39. The largest absolute Gasteiger partial charge is 0.340 e. The molecule has 1 aliphatic rings. The monoisotopic (exact) mass is 295 g/mol. The summed E-state index contributed by atoms with van der Waals surface area (Å²) in [7, 11) is 0. The number of nitriles is 1. The van der Waals surface area contributed by atoms with E-state index in [1.54, 1.807) is 18.3 Å². The van der Waals surface area contributed by atoms with Crippen molar-refractivity contribution in [2.24, 2.45) is 0 Å². The third-order valence-corrected chi connectivity index (χ3v) is 4.04. The maximum Gasteiger partial charge on any atom is 0.222 e. The minimum absolute atomic E-state index is 0.173. The van der Waals surface area contributed by atoms with Crippen LogP contribution in [-0.2, 0) is 11.2 Å². The van der Waals surface area contributed by atoms with E-state index >= 15 is 0 Å². The van der Waals surface area contributed by atoms with Crippen LogP contribution in [0.3, 0.4) is 0 Å².